The molecule has 11 heavy (non-hydrogen) atoms. The van der Waals surface area contributed by atoms with E-state index in [-0.39, 0.29) is 0 Å². The summed E-state index contributed by atoms with van der Waals surface area (Å²) in [5, 5.41) is 18.4. The summed E-state index contributed by atoms with van der Waals surface area (Å²) in [6, 6.07) is 0. The summed E-state index contributed by atoms with van der Waals surface area (Å²) >= 11 is 0. The molecule has 0 aromatic rings. The standard InChI is InChI=1S/C9H18O2/c1-3-5-6-7-9(11)8(10)4-2/h3,5,8-11H,4,6-7H2,1-2H3/b5-3-. The molecule has 0 saturated heterocycles. The van der Waals surface area contributed by atoms with E-state index in [4.69, 9.17) is 5.11 Å². The fourth-order valence-electron chi connectivity index (χ4n) is 0.898. The number of rotatable bonds is 5. The van der Waals surface area contributed by atoms with Crippen LogP contribution in [0, 0.1) is 0 Å². The second-order valence-corrected chi connectivity index (χ2v) is 2.69. The first kappa shape index (κ1) is 10.7. The van der Waals surface area contributed by atoms with E-state index >= 15 is 0 Å². The summed E-state index contributed by atoms with van der Waals surface area (Å²) in [5.41, 5.74) is 0. The van der Waals surface area contributed by atoms with E-state index in [1.165, 1.54) is 0 Å². The Morgan fingerprint density at radius 3 is 2.36 bits per heavy atom. The molecule has 2 nitrogen and oxygen atoms in total. The molecule has 0 saturated carbocycles. The molecular weight excluding hydrogens is 140 g/mol. The van der Waals surface area contributed by atoms with Gasteiger partial charge in [-0.3, -0.25) is 0 Å². The molecule has 0 aromatic heterocycles. The Labute approximate surface area is 68.6 Å². The van der Waals surface area contributed by atoms with E-state index in [2.05, 4.69) is 0 Å². The smallest absolute Gasteiger partial charge is 0.0802 e. The van der Waals surface area contributed by atoms with Crippen LogP contribution >= 0.6 is 0 Å². The molecule has 0 aliphatic rings. The second-order valence-electron chi connectivity index (χ2n) is 2.69. The first-order valence-corrected chi connectivity index (χ1v) is 4.19. The van der Waals surface area contributed by atoms with Gasteiger partial charge in [0.05, 0.1) is 12.2 Å². The molecule has 2 unspecified atom stereocenters. The average molecular weight is 158 g/mol. The highest BCUT2D eigenvalue weighted by Crippen LogP contribution is 2.05. The van der Waals surface area contributed by atoms with Crippen LogP contribution < -0.4 is 0 Å². The molecule has 0 radical (unpaired) electrons. The van der Waals surface area contributed by atoms with Crippen LogP contribution in [0.4, 0.5) is 0 Å². The van der Waals surface area contributed by atoms with Crippen LogP contribution in [0.25, 0.3) is 0 Å². The Bertz CT molecular complexity index is 110. The first-order chi connectivity index (χ1) is 5.22. The molecule has 0 bridgehead atoms. The minimum atomic E-state index is -0.559. The Kier molecular flexibility index (Phi) is 6.18. The van der Waals surface area contributed by atoms with Crippen LogP contribution in [0.2, 0.25) is 0 Å². The van der Waals surface area contributed by atoms with E-state index in [1.54, 1.807) is 0 Å². The van der Waals surface area contributed by atoms with Crippen LogP contribution in [-0.4, -0.2) is 22.4 Å². The maximum Gasteiger partial charge on any atom is 0.0802 e. The average Bonchev–Trinajstić information content (AvgIpc) is 2.03. The molecule has 0 heterocycles. The van der Waals surface area contributed by atoms with Crippen LogP contribution in [0.15, 0.2) is 12.2 Å². The predicted octanol–water partition coefficient (Wildman–Crippen LogP) is 1.47. The highest BCUT2D eigenvalue weighted by atomic mass is 16.3. The Hall–Kier alpha value is -0.340. The van der Waals surface area contributed by atoms with Crippen LogP contribution in [0.5, 0.6) is 0 Å². The third-order valence-electron chi connectivity index (χ3n) is 1.73. The molecule has 0 aromatic carbocycles. The highest BCUT2D eigenvalue weighted by Gasteiger charge is 2.11. The predicted molar refractivity (Wildman–Crippen MR) is 46.4 cm³/mol. The quantitative estimate of drug-likeness (QED) is 0.595. The Morgan fingerprint density at radius 2 is 1.91 bits per heavy atom. The number of hydrogen-bond donors (Lipinski definition) is 2. The lowest BCUT2D eigenvalue weighted by Gasteiger charge is -2.14. The van der Waals surface area contributed by atoms with Crippen molar-refractivity contribution >= 4 is 0 Å². The molecule has 66 valence electrons. The summed E-state index contributed by atoms with van der Waals surface area (Å²) in [5.74, 6) is 0. The van der Waals surface area contributed by atoms with E-state index in [0.29, 0.717) is 12.8 Å². The molecule has 2 N–H and O–H groups in total. The molecule has 2 heteroatoms. The van der Waals surface area contributed by atoms with Crippen molar-refractivity contribution in [2.45, 2.75) is 45.3 Å². The molecule has 0 amide bonds. The van der Waals surface area contributed by atoms with Crippen molar-refractivity contribution in [1.82, 2.24) is 0 Å². The van der Waals surface area contributed by atoms with E-state index < -0.39 is 12.2 Å². The third kappa shape index (κ3) is 4.99. The van der Waals surface area contributed by atoms with Crippen molar-refractivity contribution in [3.63, 3.8) is 0 Å². The maximum absolute atomic E-state index is 9.26. The van der Waals surface area contributed by atoms with Crippen LogP contribution in [0.1, 0.15) is 33.1 Å². The molecule has 0 spiro atoms. The van der Waals surface area contributed by atoms with Gasteiger partial charge in [0.15, 0.2) is 0 Å². The molecule has 2 atom stereocenters. The van der Waals surface area contributed by atoms with Crippen molar-refractivity contribution in [2.24, 2.45) is 0 Å². The van der Waals surface area contributed by atoms with Crippen molar-refractivity contribution in [3.8, 4) is 0 Å². The summed E-state index contributed by atoms with van der Waals surface area (Å²) in [6.45, 7) is 3.81. The van der Waals surface area contributed by atoms with Crippen molar-refractivity contribution < 1.29 is 10.2 Å². The normalized spacial score (nSPS) is 17.1. The van der Waals surface area contributed by atoms with Gasteiger partial charge in [0.25, 0.3) is 0 Å². The molecule has 0 aliphatic heterocycles. The van der Waals surface area contributed by atoms with Gasteiger partial charge in [0.2, 0.25) is 0 Å². The lowest BCUT2D eigenvalue weighted by atomic mass is 10.1. The maximum atomic E-state index is 9.26. The van der Waals surface area contributed by atoms with Gasteiger partial charge in [-0.25, -0.2) is 0 Å². The first-order valence-electron chi connectivity index (χ1n) is 4.19. The van der Waals surface area contributed by atoms with E-state index in [1.807, 2.05) is 26.0 Å². The summed E-state index contributed by atoms with van der Waals surface area (Å²) in [7, 11) is 0. The van der Waals surface area contributed by atoms with Crippen molar-refractivity contribution in [2.75, 3.05) is 0 Å². The van der Waals surface area contributed by atoms with E-state index in [0.717, 1.165) is 6.42 Å². The molecule has 0 fully saturated rings. The minimum absolute atomic E-state index is 0.555. The van der Waals surface area contributed by atoms with Gasteiger partial charge in [-0.05, 0) is 26.2 Å². The zero-order chi connectivity index (χ0) is 8.69. The monoisotopic (exact) mass is 158 g/mol. The Balaban J connectivity index is 3.43. The van der Waals surface area contributed by atoms with Gasteiger partial charge in [-0.1, -0.05) is 19.1 Å². The van der Waals surface area contributed by atoms with Gasteiger partial charge < -0.3 is 10.2 Å². The minimum Gasteiger partial charge on any atom is -0.390 e. The largest absolute Gasteiger partial charge is 0.390 e. The summed E-state index contributed by atoms with van der Waals surface area (Å²) < 4.78 is 0. The lowest BCUT2D eigenvalue weighted by molar-refractivity contribution is 0.0134. The SMILES string of the molecule is C/C=C\CCC(O)C(O)CC. The molecular formula is C9H18O2. The van der Waals surface area contributed by atoms with Gasteiger partial charge in [0, 0.05) is 0 Å². The van der Waals surface area contributed by atoms with Gasteiger partial charge in [0.1, 0.15) is 0 Å². The van der Waals surface area contributed by atoms with E-state index in [9.17, 15) is 5.11 Å². The Morgan fingerprint density at radius 1 is 1.27 bits per heavy atom. The number of allylic oxidation sites excluding steroid dienone is 2. The fourth-order valence-corrected chi connectivity index (χ4v) is 0.898. The van der Waals surface area contributed by atoms with Gasteiger partial charge in [-0.15, -0.1) is 0 Å². The summed E-state index contributed by atoms with van der Waals surface area (Å²) in [4.78, 5) is 0. The number of aliphatic hydroxyl groups is 2. The van der Waals surface area contributed by atoms with Crippen molar-refractivity contribution in [1.29, 1.82) is 0 Å². The van der Waals surface area contributed by atoms with Gasteiger partial charge >= 0.3 is 0 Å². The van der Waals surface area contributed by atoms with Gasteiger partial charge in [-0.2, -0.15) is 0 Å². The number of aliphatic hydroxyl groups excluding tert-OH is 2. The van der Waals surface area contributed by atoms with Crippen molar-refractivity contribution in [3.05, 3.63) is 12.2 Å². The van der Waals surface area contributed by atoms with Crippen LogP contribution in [0.3, 0.4) is 0 Å². The highest BCUT2D eigenvalue weighted by molar-refractivity contribution is 4.79. The second kappa shape index (κ2) is 6.38. The van der Waals surface area contributed by atoms with Crippen LogP contribution in [-0.2, 0) is 0 Å². The zero-order valence-corrected chi connectivity index (χ0v) is 7.33. The molecule has 0 rings (SSSR count). The lowest BCUT2D eigenvalue weighted by Crippen LogP contribution is -2.24. The number of hydrogen-bond acceptors (Lipinski definition) is 2. The molecule has 0 aliphatic carbocycles. The third-order valence-corrected chi connectivity index (χ3v) is 1.73. The summed E-state index contributed by atoms with van der Waals surface area (Å²) in [6.07, 6.45) is 4.94. The topological polar surface area (TPSA) is 40.5 Å². The zero-order valence-electron chi connectivity index (χ0n) is 7.33. The fraction of sp³-hybridized carbons (Fsp3) is 0.778.